The number of anilines is 1. The molecule has 0 radical (unpaired) electrons. The molecule has 1 saturated heterocycles. The average molecular weight is 434 g/mol. The first-order valence-electron chi connectivity index (χ1n) is 10.5. The Morgan fingerprint density at radius 3 is 2.28 bits per heavy atom. The standard InChI is InChI=1S/C23H24N4O3.CH2O/c1-17-15-20(27(24-17)18-5-3-2-4-6-18)23(28)26-11-9-25(10-12-26)19-7-8-21-22(16-19)30-14-13-29-21;1-2/h2-8,15-16H,9-14H2,1H3;1H2. The van der Waals surface area contributed by atoms with Gasteiger partial charge in [-0.25, -0.2) is 4.68 Å². The van der Waals surface area contributed by atoms with Gasteiger partial charge in [-0.05, 0) is 37.3 Å². The third-order valence-electron chi connectivity index (χ3n) is 5.51. The lowest BCUT2D eigenvalue weighted by Gasteiger charge is -2.36. The smallest absolute Gasteiger partial charge is 0.272 e. The van der Waals surface area contributed by atoms with Gasteiger partial charge in [-0.1, -0.05) is 18.2 Å². The quantitative estimate of drug-likeness (QED) is 0.631. The Kier molecular flexibility index (Phi) is 6.39. The average Bonchev–Trinajstić information content (AvgIpc) is 3.27. The summed E-state index contributed by atoms with van der Waals surface area (Å²) in [5.74, 6) is 1.60. The molecule has 166 valence electrons. The summed E-state index contributed by atoms with van der Waals surface area (Å²) >= 11 is 0. The van der Waals surface area contributed by atoms with Gasteiger partial charge in [-0.2, -0.15) is 5.10 Å². The summed E-state index contributed by atoms with van der Waals surface area (Å²) in [6.45, 7) is 7.93. The van der Waals surface area contributed by atoms with Crippen LogP contribution in [0.4, 0.5) is 5.69 Å². The number of para-hydroxylation sites is 1. The lowest BCUT2D eigenvalue weighted by Crippen LogP contribution is -2.49. The minimum atomic E-state index is 0.0151. The predicted molar refractivity (Wildman–Crippen MR) is 121 cm³/mol. The highest BCUT2D eigenvalue weighted by Gasteiger charge is 2.26. The van der Waals surface area contributed by atoms with Gasteiger partial charge in [0, 0.05) is 37.9 Å². The number of amides is 1. The van der Waals surface area contributed by atoms with Gasteiger partial charge in [0.05, 0.1) is 11.4 Å². The number of aryl methyl sites for hydroxylation is 1. The lowest BCUT2D eigenvalue weighted by atomic mass is 10.2. The van der Waals surface area contributed by atoms with Crippen LogP contribution < -0.4 is 14.4 Å². The van der Waals surface area contributed by atoms with E-state index >= 15 is 0 Å². The van der Waals surface area contributed by atoms with Crippen molar-refractivity contribution in [1.29, 1.82) is 0 Å². The Bertz CT molecular complexity index is 1070. The Hall–Kier alpha value is -3.81. The predicted octanol–water partition coefficient (Wildman–Crippen LogP) is 2.73. The molecule has 0 spiro atoms. The number of piperazine rings is 1. The summed E-state index contributed by atoms with van der Waals surface area (Å²) in [5.41, 5.74) is 3.42. The largest absolute Gasteiger partial charge is 0.486 e. The first kappa shape index (κ1) is 21.4. The van der Waals surface area contributed by atoms with Crippen LogP contribution >= 0.6 is 0 Å². The van der Waals surface area contributed by atoms with Crippen molar-refractivity contribution in [1.82, 2.24) is 14.7 Å². The minimum absolute atomic E-state index is 0.0151. The summed E-state index contributed by atoms with van der Waals surface area (Å²) in [7, 11) is 0. The van der Waals surface area contributed by atoms with Crippen molar-refractivity contribution in [3.8, 4) is 17.2 Å². The van der Waals surface area contributed by atoms with E-state index in [1.807, 2.05) is 67.1 Å². The molecule has 2 aliphatic heterocycles. The molecule has 5 rings (SSSR count). The zero-order chi connectivity index (χ0) is 22.5. The molecular formula is C24H26N4O4. The molecule has 1 aromatic heterocycles. The van der Waals surface area contributed by atoms with Crippen LogP contribution in [0.5, 0.6) is 11.5 Å². The van der Waals surface area contributed by atoms with Crippen LogP contribution in [0.2, 0.25) is 0 Å². The first-order chi connectivity index (χ1) is 15.7. The van der Waals surface area contributed by atoms with E-state index in [1.165, 1.54) is 0 Å². The summed E-state index contributed by atoms with van der Waals surface area (Å²) in [5, 5.41) is 4.53. The molecule has 32 heavy (non-hydrogen) atoms. The molecule has 1 fully saturated rings. The molecular weight excluding hydrogens is 408 g/mol. The van der Waals surface area contributed by atoms with Crippen molar-refractivity contribution in [3.63, 3.8) is 0 Å². The number of hydrogen-bond acceptors (Lipinski definition) is 6. The number of carbonyl (C=O) groups is 2. The fraction of sp³-hybridized carbons (Fsp3) is 0.292. The second-order valence-corrected chi connectivity index (χ2v) is 7.53. The third-order valence-corrected chi connectivity index (χ3v) is 5.51. The Labute approximate surface area is 187 Å². The van der Waals surface area contributed by atoms with Crippen LogP contribution in [0.3, 0.4) is 0 Å². The van der Waals surface area contributed by atoms with Gasteiger partial charge < -0.3 is 24.1 Å². The van der Waals surface area contributed by atoms with E-state index in [9.17, 15) is 4.79 Å². The zero-order valence-corrected chi connectivity index (χ0v) is 18.1. The summed E-state index contributed by atoms with van der Waals surface area (Å²) in [4.78, 5) is 25.4. The van der Waals surface area contributed by atoms with E-state index in [2.05, 4.69) is 16.1 Å². The highest BCUT2D eigenvalue weighted by atomic mass is 16.6. The number of rotatable bonds is 3. The maximum Gasteiger partial charge on any atom is 0.272 e. The van der Waals surface area contributed by atoms with Crippen LogP contribution in [0.1, 0.15) is 16.2 Å². The van der Waals surface area contributed by atoms with E-state index in [4.69, 9.17) is 14.3 Å². The number of ether oxygens (including phenoxy) is 2. The van der Waals surface area contributed by atoms with Crippen molar-refractivity contribution >= 4 is 18.4 Å². The van der Waals surface area contributed by atoms with Crippen molar-refractivity contribution in [2.45, 2.75) is 6.92 Å². The van der Waals surface area contributed by atoms with Crippen molar-refractivity contribution in [2.24, 2.45) is 0 Å². The van der Waals surface area contributed by atoms with E-state index in [1.54, 1.807) is 4.68 Å². The van der Waals surface area contributed by atoms with Crippen LogP contribution in [0, 0.1) is 6.92 Å². The fourth-order valence-electron chi connectivity index (χ4n) is 3.98. The molecule has 3 heterocycles. The van der Waals surface area contributed by atoms with Gasteiger partial charge >= 0.3 is 0 Å². The molecule has 0 saturated carbocycles. The zero-order valence-electron chi connectivity index (χ0n) is 18.1. The maximum atomic E-state index is 13.3. The number of nitrogens with zero attached hydrogens (tertiary/aromatic N) is 4. The van der Waals surface area contributed by atoms with Gasteiger partial charge in [0.15, 0.2) is 11.5 Å². The second kappa shape index (κ2) is 9.55. The summed E-state index contributed by atoms with van der Waals surface area (Å²) < 4.78 is 13.1. The normalized spacial score (nSPS) is 15.0. The molecule has 8 heteroatoms. The van der Waals surface area contributed by atoms with Gasteiger partial charge in [0.1, 0.15) is 25.7 Å². The fourth-order valence-corrected chi connectivity index (χ4v) is 3.98. The summed E-state index contributed by atoms with van der Waals surface area (Å²) in [6, 6.07) is 17.7. The van der Waals surface area contributed by atoms with E-state index < -0.39 is 0 Å². The minimum Gasteiger partial charge on any atom is -0.486 e. The van der Waals surface area contributed by atoms with Crippen LogP contribution in [0.15, 0.2) is 54.6 Å². The van der Waals surface area contributed by atoms with Crippen LogP contribution in [0.25, 0.3) is 5.69 Å². The molecule has 8 nitrogen and oxygen atoms in total. The topological polar surface area (TPSA) is 76.9 Å². The van der Waals surface area contributed by atoms with E-state index in [-0.39, 0.29) is 5.91 Å². The lowest BCUT2D eigenvalue weighted by molar-refractivity contribution is -0.0980. The van der Waals surface area contributed by atoms with Crippen molar-refractivity contribution in [2.75, 3.05) is 44.3 Å². The monoisotopic (exact) mass is 434 g/mol. The molecule has 0 bridgehead atoms. The van der Waals surface area contributed by atoms with Gasteiger partial charge in [-0.3, -0.25) is 4.79 Å². The van der Waals surface area contributed by atoms with E-state index in [0.717, 1.165) is 41.7 Å². The molecule has 0 atom stereocenters. The number of benzene rings is 2. The third kappa shape index (κ3) is 4.30. The van der Waals surface area contributed by atoms with Crippen LogP contribution in [-0.2, 0) is 4.79 Å². The number of aromatic nitrogens is 2. The SMILES string of the molecule is C=O.Cc1cc(C(=O)N2CCN(c3ccc4c(c3)OCCO4)CC2)n(-c2ccccc2)n1. The van der Waals surface area contributed by atoms with Crippen LogP contribution in [-0.4, -0.2) is 66.8 Å². The maximum absolute atomic E-state index is 13.3. The molecule has 2 aliphatic rings. The first-order valence-corrected chi connectivity index (χ1v) is 10.5. The van der Waals surface area contributed by atoms with E-state index in [0.29, 0.717) is 32.0 Å². The Morgan fingerprint density at radius 2 is 1.56 bits per heavy atom. The molecule has 0 N–H and O–H groups in total. The Morgan fingerprint density at radius 1 is 0.875 bits per heavy atom. The highest BCUT2D eigenvalue weighted by molar-refractivity contribution is 5.93. The number of carbonyl (C=O) groups excluding carboxylic acids is 2. The van der Waals surface area contributed by atoms with Gasteiger partial charge in [0.25, 0.3) is 5.91 Å². The molecule has 1 amide bonds. The van der Waals surface area contributed by atoms with Crippen molar-refractivity contribution < 1.29 is 19.1 Å². The highest BCUT2D eigenvalue weighted by Crippen LogP contribution is 2.34. The van der Waals surface area contributed by atoms with Gasteiger partial charge in [-0.15, -0.1) is 0 Å². The molecule has 2 aromatic carbocycles. The summed E-state index contributed by atoms with van der Waals surface area (Å²) in [6.07, 6.45) is 0. The Balaban J connectivity index is 0.00000119. The second-order valence-electron chi connectivity index (χ2n) is 7.53. The van der Waals surface area contributed by atoms with Gasteiger partial charge in [0.2, 0.25) is 0 Å². The molecule has 0 unspecified atom stereocenters. The molecule has 0 aliphatic carbocycles. The van der Waals surface area contributed by atoms with Crippen molar-refractivity contribution in [3.05, 3.63) is 66.0 Å². The number of fused-ring (bicyclic) bond motifs is 1. The number of hydrogen-bond donors (Lipinski definition) is 0. The molecule has 3 aromatic rings.